The first kappa shape index (κ1) is 11.8. The third-order valence-corrected chi connectivity index (χ3v) is 4.70. The summed E-state index contributed by atoms with van der Waals surface area (Å²) in [6, 6.07) is 0. The fourth-order valence-corrected chi connectivity index (χ4v) is 3.55. The highest BCUT2D eigenvalue weighted by Crippen LogP contribution is 2.52. The van der Waals surface area contributed by atoms with Crippen LogP contribution in [0.1, 0.15) is 13.3 Å². The standard InChI is InChI=1S/C14H20N2O2/c1-3-12(17)16-7-10-11(8-16)13(10)14(18)15-5-4-9(2)6-15/h3,9-11,13H,1,4-8H2,2H3. The Morgan fingerprint density at radius 1 is 1.17 bits per heavy atom. The lowest BCUT2D eigenvalue weighted by molar-refractivity contribution is -0.134. The Morgan fingerprint density at radius 2 is 1.83 bits per heavy atom. The number of piperidine rings is 1. The first-order valence-corrected chi connectivity index (χ1v) is 6.82. The molecule has 98 valence electrons. The number of nitrogens with zero attached hydrogens (tertiary/aromatic N) is 2. The van der Waals surface area contributed by atoms with Crippen LogP contribution < -0.4 is 0 Å². The van der Waals surface area contributed by atoms with Crippen LogP contribution in [0, 0.1) is 23.7 Å². The third kappa shape index (κ3) is 1.74. The Kier molecular flexibility index (Phi) is 2.68. The SMILES string of the molecule is C=CC(=O)N1CC2C(C1)C2C(=O)N1CCC(C)C1. The van der Waals surface area contributed by atoms with Gasteiger partial charge in [-0.05, 0) is 30.3 Å². The highest BCUT2D eigenvalue weighted by Gasteiger charge is 2.60. The summed E-state index contributed by atoms with van der Waals surface area (Å²) in [5.41, 5.74) is 0. The molecule has 2 amide bonds. The Hall–Kier alpha value is -1.32. The molecule has 4 heteroatoms. The summed E-state index contributed by atoms with van der Waals surface area (Å²) < 4.78 is 0. The van der Waals surface area contributed by atoms with Crippen LogP contribution in [0.5, 0.6) is 0 Å². The second-order valence-corrected chi connectivity index (χ2v) is 5.98. The van der Waals surface area contributed by atoms with Gasteiger partial charge in [0.1, 0.15) is 0 Å². The van der Waals surface area contributed by atoms with E-state index < -0.39 is 0 Å². The fourth-order valence-electron chi connectivity index (χ4n) is 3.55. The molecule has 3 aliphatic rings. The van der Waals surface area contributed by atoms with Crippen molar-refractivity contribution in [1.82, 2.24) is 9.80 Å². The molecule has 0 N–H and O–H groups in total. The molecular formula is C14H20N2O2. The predicted octanol–water partition coefficient (Wildman–Crippen LogP) is 0.745. The summed E-state index contributed by atoms with van der Waals surface area (Å²) in [4.78, 5) is 27.6. The van der Waals surface area contributed by atoms with Crippen molar-refractivity contribution in [3.05, 3.63) is 12.7 Å². The van der Waals surface area contributed by atoms with Crippen LogP contribution in [0.4, 0.5) is 0 Å². The normalized spacial score (nSPS) is 37.6. The van der Waals surface area contributed by atoms with Gasteiger partial charge in [0.15, 0.2) is 0 Å². The van der Waals surface area contributed by atoms with Crippen LogP contribution in [0.15, 0.2) is 12.7 Å². The molecule has 4 nitrogen and oxygen atoms in total. The Labute approximate surface area is 108 Å². The zero-order valence-electron chi connectivity index (χ0n) is 10.8. The van der Waals surface area contributed by atoms with Gasteiger partial charge in [0.05, 0.1) is 0 Å². The van der Waals surface area contributed by atoms with Gasteiger partial charge in [-0.2, -0.15) is 0 Å². The van der Waals surface area contributed by atoms with E-state index in [4.69, 9.17) is 0 Å². The zero-order chi connectivity index (χ0) is 12.9. The number of rotatable bonds is 2. The Bertz CT molecular complexity index is 395. The second-order valence-electron chi connectivity index (χ2n) is 5.98. The first-order chi connectivity index (χ1) is 8.61. The molecule has 0 aromatic heterocycles. The van der Waals surface area contributed by atoms with Crippen molar-refractivity contribution in [2.24, 2.45) is 23.7 Å². The molecule has 0 bridgehead atoms. The number of carbonyl (C=O) groups excluding carboxylic acids is 2. The van der Waals surface area contributed by atoms with Crippen molar-refractivity contribution in [2.75, 3.05) is 26.2 Å². The Balaban J connectivity index is 1.55. The maximum Gasteiger partial charge on any atom is 0.245 e. The van der Waals surface area contributed by atoms with Gasteiger partial charge in [-0.15, -0.1) is 0 Å². The van der Waals surface area contributed by atoms with Crippen molar-refractivity contribution in [1.29, 1.82) is 0 Å². The van der Waals surface area contributed by atoms with Crippen LogP contribution in [-0.2, 0) is 9.59 Å². The number of hydrogen-bond acceptors (Lipinski definition) is 2. The smallest absolute Gasteiger partial charge is 0.245 e. The van der Waals surface area contributed by atoms with E-state index in [-0.39, 0.29) is 11.8 Å². The molecule has 3 atom stereocenters. The summed E-state index contributed by atoms with van der Waals surface area (Å²) in [7, 11) is 0. The summed E-state index contributed by atoms with van der Waals surface area (Å²) in [5.74, 6) is 2.01. The third-order valence-electron chi connectivity index (χ3n) is 4.70. The molecule has 3 fully saturated rings. The monoisotopic (exact) mass is 248 g/mol. The van der Waals surface area contributed by atoms with Crippen molar-refractivity contribution in [2.45, 2.75) is 13.3 Å². The number of amides is 2. The van der Waals surface area contributed by atoms with E-state index >= 15 is 0 Å². The minimum atomic E-state index is 0.00296. The molecule has 18 heavy (non-hydrogen) atoms. The minimum absolute atomic E-state index is 0.00296. The lowest BCUT2D eigenvalue weighted by atomic mass is 10.2. The largest absolute Gasteiger partial charge is 0.342 e. The number of likely N-dealkylation sites (tertiary alicyclic amines) is 2. The van der Waals surface area contributed by atoms with Gasteiger partial charge in [0, 0.05) is 32.1 Å². The van der Waals surface area contributed by atoms with Crippen LogP contribution in [0.25, 0.3) is 0 Å². The molecule has 2 saturated heterocycles. The van der Waals surface area contributed by atoms with Crippen LogP contribution in [0.2, 0.25) is 0 Å². The predicted molar refractivity (Wildman–Crippen MR) is 67.6 cm³/mol. The molecule has 2 heterocycles. The molecule has 0 radical (unpaired) electrons. The summed E-state index contributed by atoms with van der Waals surface area (Å²) in [6.07, 6.45) is 2.50. The maximum absolute atomic E-state index is 12.3. The molecular weight excluding hydrogens is 228 g/mol. The van der Waals surface area contributed by atoms with Crippen molar-refractivity contribution in [3.8, 4) is 0 Å². The van der Waals surface area contributed by atoms with Gasteiger partial charge in [-0.25, -0.2) is 0 Å². The summed E-state index contributed by atoms with van der Waals surface area (Å²) >= 11 is 0. The van der Waals surface area contributed by atoms with E-state index in [9.17, 15) is 9.59 Å². The molecule has 2 aliphatic heterocycles. The number of carbonyl (C=O) groups is 2. The molecule has 3 rings (SSSR count). The maximum atomic E-state index is 12.3. The van der Waals surface area contributed by atoms with Gasteiger partial charge in [0.2, 0.25) is 11.8 Å². The van der Waals surface area contributed by atoms with Crippen molar-refractivity contribution in [3.63, 3.8) is 0 Å². The average Bonchev–Trinajstić information content (AvgIpc) is 2.75. The lowest BCUT2D eigenvalue weighted by Crippen LogP contribution is -2.36. The Morgan fingerprint density at radius 3 is 2.33 bits per heavy atom. The van der Waals surface area contributed by atoms with Gasteiger partial charge in [-0.3, -0.25) is 9.59 Å². The second kappa shape index (κ2) is 4.11. The lowest BCUT2D eigenvalue weighted by Gasteiger charge is -2.21. The highest BCUT2D eigenvalue weighted by molar-refractivity contribution is 5.88. The average molecular weight is 248 g/mol. The fraction of sp³-hybridized carbons (Fsp3) is 0.714. The molecule has 3 unspecified atom stereocenters. The quantitative estimate of drug-likeness (QED) is 0.676. The van der Waals surface area contributed by atoms with Gasteiger partial charge in [-0.1, -0.05) is 13.5 Å². The van der Waals surface area contributed by atoms with E-state index in [0.717, 1.165) is 32.6 Å². The minimum Gasteiger partial charge on any atom is -0.342 e. The zero-order valence-corrected chi connectivity index (χ0v) is 10.8. The van der Waals surface area contributed by atoms with E-state index in [0.29, 0.717) is 23.7 Å². The molecule has 1 saturated carbocycles. The summed E-state index contributed by atoms with van der Waals surface area (Å²) in [5, 5.41) is 0. The van der Waals surface area contributed by atoms with Gasteiger partial charge in [0.25, 0.3) is 0 Å². The van der Waals surface area contributed by atoms with Crippen LogP contribution in [-0.4, -0.2) is 47.8 Å². The topological polar surface area (TPSA) is 40.6 Å². The van der Waals surface area contributed by atoms with Crippen molar-refractivity contribution >= 4 is 11.8 Å². The molecule has 0 spiro atoms. The van der Waals surface area contributed by atoms with Crippen LogP contribution in [0.3, 0.4) is 0 Å². The summed E-state index contributed by atoms with van der Waals surface area (Å²) in [6.45, 7) is 9.04. The number of fused-ring (bicyclic) bond motifs is 1. The van der Waals surface area contributed by atoms with Gasteiger partial charge < -0.3 is 9.80 Å². The number of hydrogen-bond donors (Lipinski definition) is 0. The highest BCUT2D eigenvalue weighted by atomic mass is 16.2. The van der Waals surface area contributed by atoms with Gasteiger partial charge >= 0.3 is 0 Å². The molecule has 0 aromatic rings. The van der Waals surface area contributed by atoms with E-state index in [1.165, 1.54) is 6.08 Å². The van der Waals surface area contributed by atoms with E-state index in [1.807, 2.05) is 9.80 Å². The van der Waals surface area contributed by atoms with E-state index in [1.54, 1.807) is 0 Å². The first-order valence-electron chi connectivity index (χ1n) is 6.82. The molecule has 1 aliphatic carbocycles. The van der Waals surface area contributed by atoms with E-state index in [2.05, 4.69) is 13.5 Å². The van der Waals surface area contributed by atoms with Crippen LogP contribution >= 0.6 is 0 Å². The molecule has 0 aromatic carbocycles. The van der Waals surface area contributed by atoms with Crippen molar-refractivity contribution < 1.29 is 9.59 Å².